The van der Waals surface area contributed by atoms with Crippen LogP contribution in [0.3, 0.4) is 0 Å². The second-order valence-corrected chi connectivity index (χ2v) is 4.13. The van der Waals surface area contributed by atoms with Gasteiger partial charge in [-0.1, -0.05) is 24.3 Å². The maximum atomic E-state index is 12.3. The van der Waals surface area contributed by atoms with Gasteiger partial charge in [-0.05, 0) is 24.6 Å². The van der Waals surface area contributed by atoms with Crippen LogP contribution in [0, 0.1) is 6.92 Å². The predicted molar refractivity (Wildman–Crippen MR) is 68.1 cm³/mol. The Morgan fingerprint density at radius 2 is 1.89 bits per heavy atom. The number of rotatable bonds is 4. The van der Waals surface area contributed by atoms with Gasteiger partial charge in [-0.3, -0.25) is 4.98 Å². The van der Waals surface area contributed by atoms with Crippen molar-refractivity contribution in [2.75, 3.05) is 0 Å². The summed E-state index contributed by atoms with van der Waals surface area (Å²) < 4.78 is 29.2. The molecule has 0 saturated carbocycles. The monoisotopic (exact) mass is 264 g/mol. The van der Waals surface area contributed by atoms with Gasteiger partial charge in [0.2, 0.25) is 0 Å². The molecular weight excluding hydrogens is 250 g/mol. The summed E-state index contributed by atoms with van der Waals surface area (Å²) in [4.78, 5) is 4.15. The number of halogens is 2. The molecule has 19 heavy (non-hydrogen) atoms. The van der Waals surface area contributed by atoms with Crippen molar-refractivity contribution in [3.05, 3.63) is 59.4 Å². The van der Waals surface area contributed by atoms with Crippen LogP contribution in [0.15, 0.2) is 42.6 Å². The third kappa shape index (κ3) is 3.26. The number of hydrogen-bond acceptors (Lipinski definition) is 3. The smallest absolute Gasteiger partial charge is 0.387 e. The highest BCUT2D eigenvalue weighted by atomic mass is 19.3. The zero-order chi connectivity index (χ0) is 13.8. The fourth-order valence-electron chi connectivity index (χ4n) is 1.78. The maximum Gasteiger partial charge on any atom is 0.387 e. The van der Waals surface area contributed by atoms with Crippen molar-refractivity contribution in [3.8, 4) is 5.75 Å². The first-order valence-corrected chi connectivity index (χ1v) is 5.80. The largest absolute Gasteiger partial charge is 0.434 e. The highest BCUT2D eigenvalue weighted by Gasteiger charge is 2.16. The van der Waals surface area contributed by atoms with E-state index in [0.717, 1.165) is 11.3 Å². The molecule has 2 rings (SSSR count). The number of alkyl halides is 2. The van der Waals surface area contributed by atoms with Crippen molar-refractivity contribution in [2.45, 2.75) is 19.6 Å². The molecule has 3 nitrogen and oxygen atoms in total. The molecule has 0 aliphatic heterocycles. The van der Waals surface area contributed by atoms with E-state index in [-0.39, 0.29) is 5.75 Å². The summed E-state index contributed by atoms with van der Waals surface area (Å²) in [5.74, 6) is 0.0885. The fourth-order valence-corrected chi connectivity index (χ4v) is 1.78. The second-order valence-electron chi connectivity index (χ2n) is 4.13. The molecule has 0 aliphatic rings. The van der Waals surface area contributed by atoms with Gasteiger partial charge in [-0.2, -0.15) is 8.78 Å². The number of nitrogens with zero attached hydrogens (tertiary/aromatic N) is 1. The number of nitrogens with two attached hydrogens (primary N) is 1. The molecule has 2 N–H and O–H groups in total. The lowest BCUT2D eigenvalue weighted by molar-refractivity contribution is -0.0505. The van der Waals surface area contributed by atoms with Gasteiger partial charge in [-0.15, -0.1) is 0 Å². The summed E-state index contributed by atoms with van der Waals surface area (Å²) in [5.41, 5.74) is 8.20. The predicted octanol–water partition coefficient (Wildman–Crippen LogP) is 3.04. The fraction of sp³-hybridized carbons (Fsp3) is 0.214. The lowest BCUT2D eigenvalue weighted by Crippen LogP contribution is -2.15. The number of aromatic nitrogens is 1. The molecule has 1 heterocycles. The number of aryl methyl sites for hydroxylation is 1. The average molecular weight is 264 g/mol. The maximum absolute atomic E-state index is 12.3. The normalized spacial score (nSPS) is 12.5. The zero-order valence-corrected chi connectivity index (χ0v) is 10.4. The minimum Gasteiger partial charge on any atom is -0.434 e. The van der Waals surface area contributed by atoms with Gasteiger partial charge in [-0.25, -0.2) is 0 Å². The number of ether oxygens (including phenoxy) is 1. The molecular formula is C14H14F2N2O. The van der Waals surface area contributed by atoms with Crippen molar-refractivity contribution in [1.82, 2.24) is 4.98 Å². The van der Waals surface area contributed by atoms with Crippen molar-refractivity contribution < 1.29 is 13.5 Å². The minimum absolute atomic E-state index is 0.0885. The van der Waals surface area contributed by atoms with Crippen LogP contribution in [-0.4, -0.2) is 11.6 Å². The van der Waals surface area contributed by atoms with E-state index in [1.165, 1.54) is 6.07 Å². The zero-order valence-electron chi connectivity index (χ0n) is 10.4. The molecule has 0 aliphatic carbocycles. The van der Waals surface area contributed by atoms with Crippen LogP contribution in [0.2, 0.25) is 0 Å². The minimum atomic E-state index is -2.87. The Balaban J connectivity index is 2.32. The summed E-state index contributed by atoms with van der Waals surface area (Å²) in [6.07, 6.45) is 1.64. The molecule has 0 fully saturated rings. The molecule has 2 aromatic rings. The van der Waals surface area contributed by atoms with Crippen molar-refractivity contribution >= 4 is 0 Å². The Bertz CT molecular complexity index is 543. The van der Waals surface area contributed by atoms with E-state index in [1.54, 1.807) is 24.4 Å². The Morgan fingerprint density at radius 1 is 1.16 bits per heavy atom. The standard InChI is InChI=1S/C14H14F2N2O/c1-9-6-7-10(8-18-9)13(17)11-4-2-3-5-12(11)19-14(15)16/h2-8,13-14H,17H2,1H3. The molecule has 1 aromatic heterocycles. The van der Waals surface area contributed by atoms with E-state index in [0.29, 0.717) is 5.56 Å². The second kappa shape index (κ2) is 5.75. The number of para-hydroxylation sites is 1. The Hall–Kier alpha value is -2.01. The van der Waals surface area contributed by atoms with Gasteiger partial charge in [0, 0.05) is 17.5 Å². The summed E-state index contributed by atoms with van der Waals surface area (Å²) in [6.45, 7) is -1.01. The molecule has 1 unspecified atom stereocenters. The van der Waals surface area contributed by atoms with Gasteiger partial charge < -0.3 is 10.5 Å². The van der Waals surface area contributed by atoms with Crippen molar-refractivity contribution in [3.63, 3.8) is 0 Å². The first kappa shape index (κ1) is 13.4. The van der Waals surface area contributed by atoms with Crippen LogP contribution in [0.4, 0.5) is 8.78 Å². The average Bonchev–Trinajstić information content (AvgIpc) is 2.39. The topological polar surface area (TPSA) is 48.1 Å². The lowest BCUT2D eigenvalue weighted by Gasteiger charge is -2.16. The summed E-state index contributed by atoms with van der Waals surface area (Å²) in [7, 11) is 0. The van der Waals surface area contributed by atoms with E-state index in [1.807, 2.05) is 19.1 Å². The third-order valence-electron chi connectivity index (χ3n) is 2.76. The molecule has 0 spiro atoms. The van der Waals surface area contributed by atoms with Crippen LogP contribution >= 0.6 is 0 Å². The number of hydrogen-bond donors (Lipinski definition) is 1. The molecule has 0 radical (unpaired) electrons. The van der Waals surface area contributed by atoms with E-state index in [4.69, 9.17) is 5.73 Å². The first-order valence-electron chi connectivity index (χ1n) is 5.80. The summed E-state index contributed by atoms with van der Waals surface area (Å²) >= 11 is 0. The van der Waals surface area contributed by atoms with Crippen LogP contribution in [0.1, 0.15) is 22.9 Å². The van der Waals surface area contributed by atoms with E-state index >= 15 is 0 Å². The lowest BCUT2D eigenvalue weighted by atomic mass is 10.00. The third-order valence-corrected chi connectivity index (χ3v) is 2.76. The van der Waals surface area contributed by atoms with Gasteiger partial charge in [0.25, 0.3) is 0 Å². The Morgan fingerprint density at radius 3 is 2.53 bits per heavy atom. The molecule has 1 atom stereocenters. The first-order chi connectivity index (χ1) is 9.08. The van der Waals surface area contributed by atoms with Crippen molar-refractivity contribution in [2.24, 2.45) is 5.73 Å². The number of benzene rings is 1. The Labute approximate surface area is 110 Å². The van der Waals surface area contributed by atoms with Gasteiger partial charge in [0.05, 0.1) is 6.04 Å². The molecule has 1 aromatic carbocycles. The molecule has 5 heteroatoms. The molecule has 100 valence electrons. The van der Waals surface area contributed by atoms with E-state index in [2.05, 4.69) is 9.72 Å². The highest BCUT2D eigenvalue weighted by Crippen LogP contribution is 2.28. The van der Waals surface area contributed by atoms with Crippen LogP contribution in [-0.2, 0) is 0 Å². The van der Waals surface area contributed by atoms with Crippen LogP contribution in [0.5, 0.6) is 5.75 Å². The molecule has 0 bridgehead atoms. The van der Waals surface area contributed by atoms with Gasteiger partial charge >= 0.3 is 6.61 Å². The van der Waals surface area contributed by atoms with Crippen molar-refractivity contribution in [1.29, 1.82) is 0 Å². The SMILES string of the molecule is Cc1ccc(C(N)c2ccccc2OC(F)F)cn1. The molecule has 0 saturated heterocycles. The molecule has 0 amide bonds. The highest BCUT2D eigenvalue weighted by molar-refractivity contribution is 5.40. The van der Waals surface area contributed by atoms with E-state index in [9.17, 15) is 8.78 Å². The Kier molecular flexibility index (Phi) is 4.06. The summed E-state index contributed by atoms with van der Waals surface area (Å²) in [6, 6.07) is 9.60. The summed E-state index contributed by atoms with van der Waals surface area (Å²) in [5, 5.41) is 0. The van der Waals surface area contributed by atoms with Gasteiger partial charge in [0.1, 0.15) is 5.75 Å². The quantitative estimate of drug-likeness (QED) is 0.923. The van der Waals surface area contributed by atoms with Crippen LogP contribution in [0.25, 0.3) is 0 Å². The number of pyridine rings is 1. The van der Waals surface area contributed by atoms with Gasteiger partial charge in [0.15, 0.2) is 0 Å². The van der Waals surface area contributed by atoms with E-state index < -0.39 is 12.7 Å². The van der Waals surface area contributed by atoms with Crippen LogP contribution < -0.4 is 10.5 Å².